The molecule has 0 spiro atoms. The van der Waals surface area contributed by atoms with Gasteiger partial charge in [-0.15, -0.1) is 0 Å². The molecule has 0 radical (unpaired) electrons. The molecular weight excluding hydrogens is 282 g/mol. The zero-order chi connectivity index (χ0) is 13.8. The maximum atomic E-state index is 11.6. The molecule has 4 nitrogen and oxygen atoms in total. The van der Waals surface area contributed by atoms with E-state index in [9.17, 15) is 4.79 Å². The molecule has 6 heteroatoms. The van der Waals surface area contributed by atoms with E-state index in [4.69, 9.17) is 17.3 Å². The lowest BCUT2D eigenvalue weighted by atomic mass is 10.2. The highest BCUT2D eigenvalue weighted by atomic mass is 35.5. The summed E-state index contributed by atoms with van der Waals surface area (Å²) in [5, 5.41) is 1.13. The van der Waals surface area contributed by atoms with Crippen LogP contribution in [0.5, 0.6) is 0 Å². The normalized spacial score (nSPS) is 10.6. The molecule has 0 saturated carbocycles. The van der Waals surface area contributed by atoms with Crippen molar-refractivity contribution in [1.29, 1.82) is 0 Å². The fourth-order valence-electron chi connectivity index (χ4n) is 1.62. The van der Waals surface area contributed by atoms with Crippen LogP contribution in [0.15, 0.2) is 39.1 Å². The van der Waals surface area contributed by atoms with E-state index in [0.717, 1.165) is 23.4 Å². The van der Waals surface area contributed by atoms with E-state index in [1.165, 1.54) is 17.8 Å². The summed E-state index contributed by atoms with van der Waals surface area (Å²) in [6, 6.07) is 6.74. The number of hydrogen-bond donors (Lipinski definition) is 2. The first kappa shape index (κ1) is 14.0. The molecule has 1 aromatic carbocycles. The van der Waals surface area contributed by atoms with E-state index in [2.05, 4.69) is 9.97 Å². The van der Waals surface area contributed by atoms with Crippen molar-refractivity contribution in [2.75, 3.05) is 5.73 Å². The minimum absolute atomic E-state index is 0.151. The maximum absolute atomic E-state index is 11.6. The van der Waals surface area contributed by atoms with Crippen molar-refractivity contribution in [3.05, 3.63) is 45.3 Å². The minimum atomic E-state index is -0.151. The number of rotatable bonds is 4. The molecule has 1 aromatic heterocycles. The van der Waals surface area contributed by atoms with E-state index < -0.39 is 0 Å². The zero-order valence-corrected chi connectivity index (χ0v) is 12.0. The highest BCUT2D eigenvalue weighted by Gasteiger charge is 2.07. The number of aromatic nitrogens is 2. The standard InChI is InChI=1S/C13H14ClN3OS/c1-2-3-9-7-12(18)17-13(16-9)19-11-6-8(14)4-5-10(11)15/h4-7H,2-3,15H2,1H3,(H,16,17,18). The van der Waals surface area contributed by atoms with Crippen LogP contribution >= 0.6 is 23.4 Å². The first-order valence-electron chi connectivity index (χ1n) is 5.91. The Labute approximate surface area is 120 Å². The van der Waals surface area contributed by atoms with Crippen LogP contribution in [0.1, 0.15) is 19.0 Å². The number of benzene rings is 1. The molecule has 0 unspecified atom stereocenters. The lowest BCUT2D eigenvalue weighted by Crippen LogP contribution is -2.09. The predicted molar refractivity (Wildman–Crippen MR) is 78.8 cm³/mol. The fourth-order valence-corrected chi connectivity index (χ4v) is 2.75. The summed E-state index contributed by atoms with van der Waals surface area (Å²) >= 11 is 7.24. The van der Waals surface area contributed by atoms with Gasteiger partial charge in [0.05, 0.1) is 0 Å². The third kappa shape index (κ3) is 3.75. The van der Waals surface area contributed by atoms with Gasteiger partial charge in [-0.05, 0) is 36.4 Å². The number of nitrogen functional groups attached to an aromatic ring is 1. The number of nitrogens with two attached hydrogens (primary N) is 1. The summed E-state index contributed by atoms with van der Waals surface area (Å²) in [6.07, 6.45) is 1.72. The monoisotopic (exact) mass is 295 g/mol. The molecule has 3 N–H and O–H groups in total. The van der Waals surface area contributed by atoms with E-state index in [0.29, 0.717) is 15.9 Å². The van der Waals surface area contributed by atoms with Crippen molar-refractivity contribution < 1.29 is 0 Å². The smallest absolute Gasteiger partial charge is 0.251 e. The second-order valence-electron chi connectivity index (χ2n) is 4.08. The molecule has 100 valence electrons. The van der Waals surface area contributed by atoms with Gasteiger partial charge in [-0.2, -0.15) is 0 Å². The lowest BCUT2D eigenvalue weighted by Gasteiger charge is -2.06. The van der Waals surface area contributed by atoms with E-state index in [-0.39, 0.29) is 5.56 Å². The number of aryl methyl sites for hydroxylation is 1. The molecule has 0 bridgehead atoms. The number of H-pyrrole nitrogens is 1. The molecule has 1 heterocycles. The van der Waals surface area contributed by atoms with Crippen LogP contribution in [0, 0.1) is 0 Å². The molecule has 0 amide bonds. The van der Waals surface area contributed by atoms with Crippen LogP contribution in [0.3, 0.4) is 0 Å². The number of nitrogens with one attached hydrogen (secondary N) is 1. The SMILES string of the molecule is CCCc1cc(=O)[nH]c(Sc2cc(Cl)ccc2N)n1. The van der Waals surface area contributed by atoms with Crippen molar-refractivity contribution in [1.82, 2.24) is 9.97 Å². The van der Waals surface area contributed by atoms with Crippen molar-refractivity contribution in [2.24, 2.45) is 0 Å². The second-order valence-corrected chi connectivity index (χ2v) is 5.54. The third-order valence-corrected chi connectivity index (χ3v) is 3.66. The largest absolute Gasteiger partial charge is 0.398 e. The Kier molecular flexibility index (Phi) is 4.50. The van der Waals surface area contributed by atoms with Crippen molar-refractivity contribution in [3.8, 4) is 0 Å². The van der Waals surface area contributed by atoms with Crippen molar-refractivity contribution >= 4 is 29.1 Å². The number of nitrogens with zero attached hydrogens (tertiary/aromatic N) is 1. The molecular formula is C13H14ClN3OS. The van der Waals surface area contributed by atoms with Crippen molar-refractivity contribution in [3.63, 3.8) is 0 Å². The fraction of sp³-hybridized carbons (Fsp3) is 0.231. The zero-order valence-electron chi connectivity index (χ0n) is 10.4. The molecule has 0 atom stereocenters. The average molecular weight is 296 g/mol. The predicted octanol–water partition coefficient (Wildman–Crippen LogP) is 3.11. The topological polar surface area (TPSA) is 71.8 Å². The summed E-state index contributed by atoms with van der Waals surface area (Å²) in [5.74, 6) is 0. The van der Waals surface area contributed by atoms with Gasteiger partial charge in [-0.3, -0.25) is 4.79 Å². The first-order chi connectivity index (χ1) is 9.08. The van der Waals surface area contributed by atoms with Gasteiger partial charge in [-0.25, -0.2) is 4.98 Å². The number of aromatic amines is 1. The van der Waals surface area contributed by atoms with E-state index >= 15 is 0 Å². The summed E-state index contributed by atoms with van der Waals surface area (Å²) < 4.78 is 0. The Morgan fingerprint density at radius 2 is 2.21 bits per heavy atom. The Balaban J connectivity index is 2.32. The molecule has 0 aliphatic rings. The Bertz CT molecular complexity index is 642. The molecule has 0 saturated heterocycles. The number of anilines is 1. The van der Waals surface area contributed by atoms with Gasteiger partial charge in [-0.1, -0.05) is 24.9 Å². The summed E-state index contributed by atoms with van der Waals surface area (Å²) in [4.78, 5) is 19.4. The second kappa shape index (κ2) is 6.12. The van der Waals surface area contributed by atoms with Gasteiger partial charge in [0.15, 0.2) is 5.16 Å². The summed E-state index contributed by atoms with van der Waals surface area (Å²) in [5.41, 5.74) is 7.12. The van der Waals surface area contributed by atoms with Crippen LogP contribution in [0.25, 0.3) is 0 Å². The van der Waals surface area contributed by atoms with Gasteiger partial charge in [0, 0.05) is 27.4 Å². The third-order valence-electron chi connectivity index (χ3n) is 2.46. The number of halogens is 1. The van der Waals surface area contributed by atoms with E-state index in [1.807, 2.05) is 6.92 Å². The van der Waals surface area contributed by atoms with Gasteiger partial charge >= 0.3 is 0 Å². The molecule has 2 aromatic rings. The number of hydrogen-bond acceptors (Lipinski definition) is 4. The Morgan fingerprint density at radius 3 is 2.95 bits per heavy atom. The lowest BCUT2D eigenvalue weighted by molar-refractivity contribution is 0.816. The maximum Gasteiger partial charge on any atom is 0.251 e. The van der Waals surface area contributed by atoms with Crippen molar-refractivity contribution in [2.45, 2.75) is 29.8 Å². The molecule has 0 aliphatic carbocycles. The van der Waals surface area contributed by atoms with Gasteiger partial charge in [0.2, 0.25) is 0 Å². The van der Waals surface area contributed by atoms with Gasteiger partial charge < -0.3 is 10.7 Å². The molecule has 0 aliphatic heterocycles. The van der Waals surface area contributed by atoms with Gasteiger partial charge in [0.1, 0.15) is 0 Å². The summed E-state index contributed by atoms with van der Waals surface area (Å²) in [7, 11) is 0. The Hall–Kier alpha value is -1.46. The quantitative estimate of drug-likeness (QED) is 0.671. The van der Waals surface area contributed by atoms with Gasteiger partial charge in [0.25, 0.3) is 5.56 Å². The van der Waals surface area contributed by atoms with Crippen LogP contribution in [-0.2, 0) is 6.42 Å². The van der Waals surface area contributed by atoms with E-state index in [1.54, 1.807) is 18.2 Å². The molecule has 0 fully saturated rings. The minimum Gasteiger partial charge on any atom is -0.398 e. The first-order valence-corrected chi connectivity index (χ1v) is 7.11. The molecule has 19 heavy (non-hydrogen) atoms. The highest BCUT2D eigenvalue weighted by molar-refractivity contribution is 7.99. The molecule has 2 rings (SSSR count). The average Bonchev–Trinajstić information content (AvgIpc) is 2.33. The highest BCUT2D eigenvalue weighted by Crippen LogP contribution is 2.31. The van der Waals surface area contributed by atoms with Crippen LogP contribution in [0.4, 0.5) is 5.69 Å². The van der Waals surface area contributed by atoms with Crippen LogP contribution < -0.4 is 11.3 Å². The van der Waals surface area contributed by atoms with Crippen LogP contribution in [0.2, 0.25) is 5.02 Å². The Morgan fingerprint density at radius 1 is 1.42 bits per heavy atom. The summed E-state index contributed by atoms with van der Waals surface area (Å²) in [6.45, 7) is 2.05. The van der Waals surface area contributed by atoms with Crippen LogP contribution in [-0.4, -0.2) is 9.97 Å².